The summed E-state index contributed by atoms with van der Waals surface area (Å²) in [6.45, 7) is 2.87. The standard InChI is InChI=1S/C18H19F3N4O3/c19-18(20,21)13-3-1-12(2-4-13)17-22-14(9-15(26)23-17)10-24-5-7-25(8-6-24)11-16(27)28/h1-4,9H,5-8,10-11H2,(H,27,28)(H,22,23,26). The third-order valence-corrected chi connectivity index (χ3v) is 4.49. The largest absolute Gasteiger partial charge is 0.480 e. The van der Waals surface area contributed by atoms with Gasteiger partial charge in [0.2, 0.25) is 0 Å². The Labute approximate surface area is 158 Å². The average Bonchev–Trinajstić information content (AvgIpc) is 2.62. The minimum atomic E-state index is -4.43. The van der Waals surface area contributed by atoms with E-state index in [0.717, 1.165) is 12.1 Å². The van der Waals surface area contributed by atoms with E-state index in [1.165, 1.54) is 18.2 Å². The highest BCUT2D eigenvalue weighted by molar-refractivity contribution is 5.69. The lowest BCUT2D eigenvalue weighted by Crippen LogP contribution is -2.47. The maximum atomic E-state index is 12.7. The molecule has 7 nitrogen and oxygen atoms in total. The van der Waals surface area contributed by atoms with Crippen molar-refractivity contribution in [3.8, 4) is 11.4 Å². The van der Waals surface area contributed by atoms with Gasteiger partial charge in [-0.1, -0.05) is 12.1 Å². The van der Waals surface area contributed by atoms with Crippen molar-refractivity contribution in [2.45, 2.75) is 12.7 Å². The Morgan fingerprint density at radius 2 is 1.71 bits per heavy atom. The number of hydrogen-bond acceptors (Lipinski definition) is 5. The van der Waals surface area contributed by atoms with Gasteiger partial charge in [-0.2, -0.15) is 13.2 Å². The molecule has 0 unspecified atom stereocenters. The fourth-order valence-electron chi connectivity index (χ4n) is 3.07. The zero-order valence-corrected chi connectivity index (χ0v) is 14.9. The van der Waals surface area contributed by atoms with Crippen LogP contribution in [0.25, 0.3) is 11.4 Å². The third kappa shape index (κ3) is 5.17. The Balaban J connectivity index is 1.70. The van der Waals surface area contributed by atoms with E-state index >= 15 is 0 Å². The molecule has 1 aromatic heterocycles. The minimum absolute atomic E-state index is 0.00480. The summed E-state index contributed by atoms with van der Waals surface area (Å²) in [6.07, 6.45) is -4.43. The van der Waals surface area contributed by atoms with E-state index in [2.05, 4.69) is 14.9 Å². The van der Waals surface area contributed by atoms with Gasteiger partial charge in [-0.25, -0.2) is 4.98 Å². The Morgan fingerprint density at radius 3 is 2.29 bits per heavy atom. The van der Waals surface area contributed by atoms with Crippen LogP contribution in [0.2, 0.25) is 0 Å². The van der Waals surface area contributed by atoms with E-state index in [4.69, 9.17) is 5.11 Å². The molecule has 2 aromatic rings. The second-order valence-corrected chi connectivity index (χ2v) is 6.61. The molecule has 10 heteroatoms. The number of nitrogens with zero attached hydrogens (tertiary/aromatic N) is 3. The van der Waals surface area contributed by atoms with E-state index in [0.29, 0.717) is 44.0 Å². The molecule has 28 heavy (non-hydrogen) atoms. The summed E-state index contributed by atoms with van der Waals surface area (Å²) in [5.41, 5.74) is -0.262. The number of rotatable bonds is 5. The predicted octanol–water partition coefficient (Wildman–Crippen LogP) is 1.66. The van der Waals surface area contributed by atoms with Gasteiger partial charge < -0.3 is 10.1 Å². The first kappa shape index (κ1) is 20.0. The number of hydrogen-bond donors (Lipinski definition) is 2. The van der Waals surface area contributed by atoms with Crippen molar-refractivity contribution in [3.63, 3.8) is 0 Å². The van der Waals surface area contributed by atoms with Crippen LogP contribution in [-0.4, -0.2) is 63.6 Å². The molecule has 2 N–H and O–H groups in total. The van der Waals surface area contributed by atoms with Gasteiger partial charge >= 0.3 is 12.1 Å². The summed E-state index contributed by atoms with van der Waals surface area (Å²) in [4.78, 5) is 33.5. The molecule has 0 radical (unpaired) electrons. The third-order valence-electron chi connectivity index (χ3n) is 4.49. The van der Waals surface area contributed by atoms with E-state index < -0.39 is 17.7 Å². The topological polar surface area (TPSA) is 89.5 Å². The molecule has 1 saturated heterocycles. The van der Waals surface area contributed by atoms with Gasteiger partial charge in [-0.05, 0) is 12.1 Å². The summed E-state index contributed by atoms with van der Waals surface area (Å²) in [5, 5.41) is 8.83. The molecule has 0 bridgehead atoms. The van der Waals surface area contributed by atoms with Crippen LogP contribution in [-0.2, 0) is 17.5 Å². The second-order valence-electron chi connectivity index (χ2n) is 6.61. The van der Waals surface area contributed by atoms with Crippen LogP contribution in [0.15, 0.2) is 35.1 Å². The SMILES string of the molecule is O=C(O)CN1CCN(Cc2cc(=O)[nH]c(-c3ccc(C(F)(F)F)cc3)n2)CC1. The Bertz CT molecular complexity index is 888. The lowest BCUT2D eigenvalue weighted by molar-refractivity contribution is -0.139. The number of aromatic amines is 1. The van der Waals surface area contributed by atoms with Crippen molar-refractivity contribution in [1.29, 1.82) is 0 Å². The number of carbonyl (C=O) groups is 1. The zero-order chi connectivity index (χ0) is 20.3. The lowest BCUT2D eigenvalue weighted by atomic mass is 10.1. The minimum Gasteiger partial charge on any atom is -0.480 e. The predicted molar refractivity (Wildman–Crippen MR) is 94.6 cm³/mol. The quantitative estimate of drug-likeness (QED) is 0.799. The van der Waals surface area contributed by atoms with Crippen LogP contribution in [0.1, 0.15) is 11.3 Å². The number of H-pyrrole nitrogens is 1. The van der Waals surface area contributed by atoms with Crippen LogP contribution in [0.3, 0.4) is 0 Å². The van der Waals surface area contributed by atoms with Crippen LogP contribution < -0.4 is 5.56 Å². The highest BCUT2D eigenvalue weighted by atomic mass is 19.4. The highest BCUT2D eigenvalue weighted by Gasteiger charge is 2.30. The maximum absolute atomic E-state index is 12.7. The van der Waals surface area contributed by atoms with Gasteiger partial charge in [-0.3, -0.25) is 19.4 Å². The van der Waals surface area contributed by atoms with Gasteiger partial charge in [0.15, 0.2) is 0 Å². The highest BCUT2D eigenvalue weighted by Crippen LogP contribution is 2.30. The van der Waals surface area contributed by atoms with E-state index in [9.17, 15) is 22.8 Å². The molecule has 0 amide bonds. The molecule has 1 aromatic carbocycles. The molecule has 0 spiro atoms. The first-order chi connectivity index (χ1) is 13.2. The number of benzene rings is 1. The summed E-state index contributed by atoms with van der Waals surface area (Å²) in [5.74, 6) is -0.661. The van der Waals surface area contributed by atoms with Crippen LogP contribution in [0.5, 0.6) is 0 Å². The van der Waals surface area contributed by atoms with Gasteiger partial charge in [-0.15, -0.1) is 0 Å². The molecule has 0 aliphatic carbocycles. The number of carboxylic acids is 1. The summed E-state index contributed by atoms with van der Waals surface area (Å²) >= 11 is 0. The Kier molecular flexibility index (Phi) is 5.80. The zero-order valence-electron chi connectivity index (χ0n) is 14.9. The monoisotopic (exact) mass is 396 g/mol. The van der Waals surface area contributed by atoms with Crippen molar-refractivity contribution in [3.05, 3.63) is 51.9 Å². The summed E-state index contributed by atoms with van der Waals surface area (Å²) in [7, 11) is 0. The Hall–Kier alpha value is -2.72. The Morgan fingerprint density at radius 1 is 1.11 bits per heavy atom. The number of aliphatic carboxylic acids is 1. The smallest absolute Gasteiger partial charge is 0.416 e. The fourth-order valence-corrected chi connectivity index (χ4v) is 3.07. The number of aromatic nitrogens is 2. The molecule has 150 valence electrons. The number of nitrogens with one attached hydrogen (secondary N) is 1. The molecule has 3 rings (SSSR count). The van der Waals surface area contributed by atoms with Crippen LogP contribution in [0, 0.1) is 0 Å². The molecule has 2 heterocycles. The van der Waals surface area contributed by atoms with Crippen molar-refractivity contribution < 1.29 is 23.1 Å². The lowest BCUT2D eigenvalue weighted by Gasteiger charge is -2.33. The van der Waals surface area contributed by atoms with Gasteiger partial charge in [0.1, 0.15) is 5.82 Å². The average molecular weight is 396 g/mol. The maximum Gasteiger partial charge on any atom is 0.416 e. The number of carboxylic acid groups (broad SMARTS) is 1. The van der Waals surface area contributed by atoms with Gasteiger partial charge in [0.05, 0.1) is 17.8 Å². The molecule has 1 fully saturated rings. The van der Waals surface area contributed by atoms with Crippen molar-refractivity contribution in [2.24, 2.45) is 0 Å². The van der Waals surface area contributed by atoms with Gasteiger partial charge in [0.25, 0.3) is 5.56 Å². The normalized spacial score (nSPS) is 16.2. The van der Waals surface area contributed by atoms with Crippen LogP contribution in [0.4, 0.5) is 13.2 Å². The summed E-state index contributed by atoms with van der Waals surface area (Å²) in [6, 6.07) is 5.80. The van der Waals surface area contributed by atoms with Crippen LogP contribution >= 0.6 is 0 Å². The number of alkyl halides is 3. The van der Waals surface area contributed by atoms with E-state index in [-0.39, 0.29) is 17.9 Å². The molecular formula is C18H19F3N4O3. The number of piperazine rings is 1. The van der Waals surface area contributed by atoms with E-state index in [1.54, 1.807) is 0 Å². The first-order valence-corrected chi connectivity index (χ1v) is 8.65. The molecular weight excluding hydrogens is 377 g/mol. The summed E-state index contributed by atoms with van der Waals surface area (Å²) < 4.78 is 38.1. The second kappa shape index (κ2) is 8.11. The number of halogens is 3. The van der Waals surface area contributed by atoms with Gasteiger partial charge in [0, 0.05) is 44.4 Å². The molecule has 1 aliphatic rings. The molecule has 1 aliphatic heterocycles. The van der Waals surface area contributed by atoms with Crippen molar-refractivity contribution in [1.82, 2.24) is 19.8 Å². The molecule has 0 saturated carbocycles. The van der Waals surface area contributed by atoms with Crippen molar-refractivity contribution in [2.75, 3.05) is 32.7 Å². The van der Waals surface area contributed by atoms with Crippen molar-refractivity contribution >= 4 is 5.97 Å². The molecule has 0 atom stereocenters. The van der Waals surface area contributed by atoms with E-state index in [1.807, 2.05) is 4.90 Å². The first-order valence-electron chi connectivity index (χ1n) is 8.65. The fraction of sp³-hybridized carbons (Fsp3) is 0.389.